The molecule has 0 bridgehead atoms. The summed E-state index contributed by atoms with van der Waals surface area (Å²) in [6.45, 7) is 0.562. The zero-order chi connectivity index (χ0) is 12.8. The van der Waals surface area contributed by atoms with Crippen molar-refractivity contribution in [1.29, 1.82) is 0 Å². The number of carboxylic acids is 1. The minimum atomic E-state index is -0.741. The molecule has 0 amide bonds. The van der Waals surface area contributed by atoms with E-state index >= 15 is 0 Å². The van der Waals surface area contributed by atoms with Gasteiger partial charge in [-0.2, -0.15) is 0 Å². The third-order valence-corrected chi connectivity index (χ3v) is 5.22. The van der Waals surface area contributed by atoms with Crippen LogP contribution in [0.1, 0.15) is 24.1 Å². The molecular formula is C13H15ClO3S. The zero-order valence-electron chi connectivity index (χ0n) is 9.89. The van der Waals surface area contributed by atoms with Crippen LogP contribution >= 0.6 is 22.9 Å². The number of rotatable bonds is 4. The molecule has 2 atom stereocenters. The van der Waals surface area contributed by atoms with E-state index in [1.165, 1.54) is 11.3 Å². The highest BCUT2D eigenvalue weighted by Gasteiger charge is 2.55. The van der Waals surface area contributed by atoms with Gasteiger partial charge in [-0.25, -0.2) is 0 Å². The Morgan fingerprint density at radius 1 is 1.56 bits per heavy atom. The SMILES string of the molecule is O=C(O)C1(Cc2ccc(Cl)s2)CCOC1C1CC1. The van der Waals surface area contributed by atoms with Gasteiger partial charge in [-0.1, -0.05) is 11.6 Å². The molecule has 1 aromatic heterocycles. The van der Waals surface area contributed by atoms with Crippen molar-refractivity contribution < 1.29 is 14.6 Å². The lowest BCUT2D eigenvalue weighted by Gasteiger charge is -2.29. The number of hydrogen-bond donors (Lipinski definition) is 1. The second-order valence-corrected chi connectivity index (χ2v) is 7.02. The van der Waals surface area contributed by atoms with Gasteiger partial charge in [0.15, 0.2) is 0 Å². The van der Waals surface area contributed by atoms with Gasteiger partial charge in [0.2, 0.25) is 0 Å². The smallest absolute Gasteiger partial charge is 0.312 e. The molecule has 3 rings (SSSR count). The Hall–Kier alpha value is -0.580. The predicted molar refractivity (Wildman–Crippen MR) is 70.2 cm³/mol. The molecule has 2 fully saturated rings. The number of halogens is 1. The summed E-state index contributed by atoms with van der Waals surface area (Å²) in [6, 6.07) is 3.76. The quantitative estimate of drug-likeness (QED) is 0.924. The Morgan fingerprint density at radius 3 is 2.89 bits per heavy atom. The zero-order valence-corrected chi connectivity index (χ0v) is 11.5. The summed E-state index contributed by atoms with van der Waals surface area (Å²) in [5.41, 5.74) is -0.741. The van der Waals surface area contributed by atoms with E-state index in [1.807, 2.05) is 12.1 Å². The summed E-state index contributed by atoms with van der Waals surface area (Å²) in [5.74, 6) is -0.277. The topological polar surface area (TPSA) is 46.5 Å². The van der Waals surface area contributed by atoms with Crippen LogP contribution in [0.15, 0.2) is 12.1 Å². The Bertz CT molecular complexity index is 469. The van der Waals surface area contributed by atoms with Crippen LogP contribution in [-0.2, 0) is 16.0 Å². The molecule has 2 heterocycles. The molecular weight excluding hydrogens is 272 g/mol. The fourth-order valence-corrected chi connectivity index (χ4v) is 4.12. The van der Waals surface area contributed by atoms with Gasteiger partial charge in [0.05, 0.1) is 10.4 Å². The standard InChI is InChI=1S/C13H15ClO3S/c14-10-4-3-9(18-10)7-13(12(15)16)5-6-17-11(13)8-1-2-8/h3-4,8,11H,1-2,5-7H2,(H,15,16). The number of carbonyl (C=O) groups is 1. The van der Waals surface area contributed by atoms with Gasteiger partial charge in [0.1, 0.15) is 5.41 Å². The van der Waals surface area contributed by atoms with Crippen molar-refractivity contribution in [3.8, 4) is 0 Å². The maximum Gasteiger partial charge on any atom is 0.312 e. The third kappa shape index (κ3) is 2.06. The number of ether oxygens (including phenoxy) is 1. The molecule has 0 radical (unpaired) electrons. The van der Waals surface area contributed by atoms with Crippen LogP contribution in [0.5, 0.6) is 0 Å². The molecule has 1 aromatic rings. The van der Waals surface area contributed by atoms with E-state index in [4.69, 9.17) is 16.3 Å². The minimum Gasteiger partial charge on any atom is -0.481 e. The third-order valence-electron chi connectivity index (χ3n) is 3.98. The van der Waals surface area contributed by atoms with Gasteiger partial charge in [0.25, 0.3) is 0 Å². The van der Waals surface area contributed by atoms with Gasteiger partial charge in [-0.3, -0.25) is 4.79 Å². The molecule has 3 nitrogen and oxygen atoms in total. The Kier molecular flexibility index (Phi) is 3.12. The fraction of sp³-hybridized carbons (Fsp3) is 0.615. The molecule has 5 heteroatoms. The molecule has 1 aliphatic carbocycles. The van der Waals surface area contributed by atoms with Gasteiger partial charge >= 0.3 is 5.97 Å². The lowest BCUT2D eigenvalue weighted by atomic mass is 9.75. The molecule has 1 saturated carbocycles. The highest BCUT2D eigenvalue weighted by molar-refractivity contribution is 7.16. The second-order valence-electron chi connectivity index (χ2n) is 5.22. The van der Waals surface area contributed by atoms with Crippen molar-refractivity contribution in [3.05, 3.63) is 21.3 Å². The lowest BCUT2D eigenvalue weighted by molar-refractivity contribution is -0.153. The summed E-state index contributed by atoms with van der Waals surface area (Å²) < 4.78 is 6.44. The van der Waals surface area contributed by atoms with E-state index in [-0.39, 0.29) is 6.10 Å². The highest BCUT2D eigenvalue weighted by atomic mass is 35.5. The minimum absolute atomic E-state index is 0.115. The van der Waals surface area contributed by atoms with E-state index in [9.17, 15) is 9.90 Å². The molecule has 0 aromatic carbocycles. The van der Waals surface area contributed by atoms with Crippen molar-refractivity contribution in [2.75, 3.05) is 6.61 Å². The summed E-state index contributed by atoms with van der Waals surface area (Å²) >= 11 is 7.39. The van der Waals surface area contributed by atoms with Crippen molar-refractivity contribution in [1.82, 2.24) is 0 Å². The van der Waals surface area contributed by atoms with Gasteiger partial charge in [0, 0.05) is 17.9 Å². The fourth-order valence-electron chi connectivity index (χ4n) is 2.91. The average molecular weight is 287 g/mol. The Labute approximate surface area is 115 Å². The maximum atomic E-state index is 11.8. The normalized spacial score (nSPS) is 31.7. The predicted octanol–water partition coefficient (Wildman–Crippen LogP) is 3.21. The summed E-state index contributed by atoms with van der Waals surface area (Å²) in [6.07, 6.45) is 3.24. The summed E-state index contributed by atoms with van der Waals surface area (Å²) in [5, 5.41) is 9.67. The van der Waals surface area contributed by atoms with Crippen molar-refractivity contribution in [2.24, 2.45) is 11.3 Å². The first-order valence-corrected chi connectivity index (χ1v) is 7.40. The first-order valence-electron chi connectivity index (χ1n) is 6.21. The molecule has 98 valence electrons. The van der Waals surface area contributed by atoms with E-state index in [1.54, 1.807) is 0 Å². The average Bonchev–Trinajstić information content (AvgIpc) is 2.95. The van der Waals surface area contributed by atoms with Crippen molar-refractivity contribution in [3.63, 3.8) is 0 Å². The Balaban J connectivity index is 1.88. The molecule has 1 N–H and O–H groups in total. The summed E-state index contributed by atoms with van der Waals surface area (Å²) in [7, 11) is 0. The lowest BCUT2D eigenvalue weighted by Crippen LogP contribution is -2.42. The van der Waals surface area contributed by atoms with E-state index in [0.717, 1.165) is 17.7 Å². The molecule has 1 saturated heterocycles. The molecule has 0 spiro atoms. The molecule has 1 aliphatic heterocycles. The van der Waals surface area contributed by atoms with Gasteiger partial charge in [-0.15, -0.1) is 11.3 Å². The van der Waals surface area contributed by atoms with Crippen LogP contribution in [0.25, 0.3) is 0 Å². The van der Waals surface area contributed by atoms with Crippen LogP contribution < -0.4 is 0 Å². The first kappa shape index (κ1) is 12.5. The van der Waals surface area contributed by atoms with Gasteiger partial charge < -0.3 is 9.84 Å². The van der Waals surface area contributed by atoms with Crippen LogP contribution in [0.3, 0.4) is 0 Å². The first-order chi connectivity index (χ1) is 8.62. The van der Waals surface area contributed by atoms with E-state index < -0.39 is 11.4 Å². The number of hydrogen-bond acceptors (Lipinski definition) is 3. The molecule has 18 heavy (non-hydrogen) atoms. The number of carboxylic acid groups (broad SMARTS) is 1. The highest BCUT2D eigenvalue weighted by Crippen LogP contribution is 2.50. The van der Waals surface area contributed by atoms with Crippen LogP contribution in [-0.4, -0.2) is 23.8 Å². The van der Waals surface area contributed by atoms with Crippen molar-refractivity contribution in [2.45, 2.75) is 31.8 Å². The largest absolute Gasteiger partial charge is 0.481 e. The van der Waals surface area contributed by atoms with Crippen molar-refractivity contribution >= 4 is 28.9 Å². The van der Waals surface area contributed by atoms with Crippen LogP contribution in [0.4, 0.5) is 0 Å². The second kappa shape index (κ2) is 4.51. The summed E-state index contributed by atoms with van der Waals surface area (Å²) in [4.78, 5) is 12.8. The number of thiophene rings is 1. The molecule has 2 aliphatic rings. The number of aliphatic carboxylic acids is 1. The van der Waals surface area contributed by atoms with Gasteiger partial charge in [-0.05, 0) is 37.3 Å². The Morgan fingerprint density at radius 2 is 2.33 bits per heavy atom. The van der Waals surface area contributed by atoms with E-state index in [2.05, 4.69) is 0 Å². The molecule has 2 unspecified atom stereocenters. The maximum absolute atomic E-state index is 11.8. The van der Waals surface area contributed by atoms with Crippen LogP contribution in [0, 0.1) is 11.3 Å². The monoisotopic (exact) mass is 286 g/mol. The van der Waals surface area contributed by atoms with E-state index in [0.29, 0.717) is 29.7 Å². The van der Waals surface area contributed by atoms with Crippen LogP contribution in [0.2, 0.25) is 4.34 Å².